The van der Waals surface area contributed by atoms with Gasteiger partial charge in [-0.3, -0.25) is 0 Å². The van der Waals surface area contributed by atoms with E-state index in [4.69, 9.17) is 10.7 Å². The van der Waals surface area contributed by atoms with Crippen LogP contribution in [-0.4, -0.2) is 13.0 Å². The lowest BCUT2D eigenvalue weighted by molar-refractivity contribution is 1.02. The molecule has 3 nitrogen and oxygen atoms in total. The number of aryl methyl sites for hydroxylation is 2. The quantitative estimate of drug-likeness (QED) is 0.316. The molecule has 0 heterocycles. The van der Waals surface area contributed by atoms with E-state index in [1.807, 2.05) is 11.9 Å². The molecule has 0 spiro atoms. The van der Waals surface area contributed by atoms with Crippen molar-refractivity contribution in [3.8, 4) is 11.1 Å². The Kier molecular flexibility index (Phi) is 3.72. The van der Waals surface area contributed by atoms with Gasteiger partial charge in [0.15, 0.2) is 0 Å². The first-order valence-corrected chi connectivity index (χ1v) is 10.5. The standard InChI is InChI=1S/C27H23N3/c1-30(21-12-13-23-20(16-21)15-19-5-2-3-7-22(19)23)27(28)29-25-14-11-18-10-9-17-6-4-8-24(25)26(17)18/h2-8,11-14,16H,9-10,15H2,1H3,(H2,28,29). The first-order valence-electron chi connectivity index (χ1n) is 10.5. The Bertz CT molecular complexity index is 1340. The van der Waals surface area contributed by atoms with Crippen molar-refractivity contribution >= 4 is 28.1 Å². The summed E-state index contributed by atoms with van der Waals surface area (Å²) in [5, 5.41) is 2.56. The normalized spacial score (nSPS) is 14.1. The van der Waals surface area contributed by atoms with Crippen LogP contribution in [0.15, 0.2) is 77.8 Å². The highest BCUT2D eigenvalue weighted by Crippen LogP contribution is 2.39. The van der Waals surface area contributed by atoms with Gasteiger partial charge in [0.1, 0.15) is 0 Å². The molecule has 4 aromatic rings. The Balaban J connectivity index is 1.36. The van der Waals surface area contributed by atoms with E-state index in [2.05, 4.69) is 72.8 Å². The number of benzene rings is 4. The maximum atomic E-state index is 6.47. The number of rotatable bonds is 2. The van der Waals surface area contributed by atoms with E-state index in [0.29, 0.717) is 5.96 Å². The van der Waals surface area contributed by atoms with E-state index in [-0.39, 0.29) is 0 Å². The zero-order valence-electron chi connectivity index (χ0n) is 17.0. The SMILES string of the molecule is CN(C(N)=Nc1ccc2c3c(cccc13)CC2)c1ccc2c(c1)Cc1ccccc1-2. The first kappa shape index (κ1) is 17.3. The Morgan fingerprint density at radius 1 is 0.800 bits per heavy atom. The summed E-state index contributed by atoms with van der Waals surface area (Å²) in [5.74, 6) is 0.504. The molecule has 0 bridgehead atoms. The number of hydrogen-bond acceptors (Lipinski definition) is 1. The monoisotopic (exact) mass is 389 g/mol. The summed E-state index contributed by atoms with van der Waals surface area (Å²) >= 11 is 0. The average molecular weight is 390 g/mol. The lowest BCUT2D eigenvalue weighted by Crippen LogP contribution is -2.33. The molecule has 0 unspecified atom stereocenters. The molecule has 0 atom stereocenters. The van der Waals surface area contributed by atoms with Gasteiger partial charge in [0.05, 0.1) is 5.69 Å². The fraction of sp³-hybridized carbons (Fsp3) is 0.148. The molecule has 2 aliphatic carbocycles. The van der Waals surface area contributed by atoms with Gasteiger partial charge in [-0.05, 0) is 76.2 Å². The number of nitrogens with zero attached hydrogens (tertiary/aromatic N) is 2. The summed E-state index contributed by atoms with van der Waals surface area (Å²) in [5.41, 5.74) is 16.7. The van der Waals surface area contributed by atoms with Crippen molar-refractivity contribution < 1.29 is 0 Å². The molecule has 0 radical (unpaired) electrons. The van der Waals surface area contributed by atoms with E-state index < -0.39 is 0 Å². The molecule has 0 fully saturated rings. The highest BCUT2D eigenvalue weighted by Gasteiger charge is 2.20. The molecule has 3 heteroatoms. The van der Waals surface area contributed by atoms with Crippen molar-refractivity contribution in [3.05, 3.63) is 95.1 Å². The smallest absolute Gasteiger partial charge is 0.200 e. The molecule has 0 saturated heterocycles. The zero-order valence-corrected chi connectivity index (χ0v) is 17.0. The predicted octanol–water partition coefficient (Wildman–Crippen LogP) is 5.59. The zero-order chi connectivity index (χ0) is 20.2. The second-order valence-corrected chi connectivity index (χ2v) is 8.29. The summed E-state index contributed by atoms with van der Waals surface area (Å²) in [7, 11) is 1.99. The molecule has 2 aliphatic rings. The molecule has 0 aliphatic heterocycles. The van der Waals surface area contributed by atoms with Crippen LogP contribution in [0.3, 0.4) is 0 Å². The van der Waals surface area contributed by atoms with Crippen LogP contribution in [0.4, 0.5) is 11.4 Å². The summed E-state index contributed by atoms with van der Waals surface area (Å²) in [6.07, 6.45) is 3.21. The van der Waals surface area contributed by atoms with Crippen molar-refractivity contribution in [3.63, 3.8) is 0 Å². The number of guanidine groups is 1. The molecule has 0 aromatic heterocycles. The van der Waals surface area contributed by atoms with Gasteiger partial charge < -0.3 is 10.6 Å². The summed E-state index contributed by atoms with van der Waals surface area (Å²) in [4.78, 5) is 6.81. The van der Waals surface area contributed by atoms with Crippen molar-refractivity contribution in [1.29, 1.82) is 0 Å². The summed E-state index contributed by atoms with van der Waals surface area (Å²) < 4.78 is 0. The molecular formula is C27H23N3. The minimum absolute atomic E-state index is 0.504. The minimum Gasteiger partial charge on any atom is -0.369 e. The Hall–Kier alpha value is -3.59. The topological polar surface area (TPSA) is 41.6 Å². The van der Waals surface area contributed by atoms with Crippen LogP contribution in [-0.2, 0) is 19.3 Å². The molecule has 30 heavy (non-hydrogen) atoms. The van der Waals surface area contributed by atoms with Gasteiger partial charge in [-0.1, -0.05) is 54.6 Å². The number of nitrogens with two attached hydrogens (primary N) is 1. The van der Waals surface area contributed by atoms with Crippen LogP contribution in [0, 0.1) is 0 Å². The lowest BCUT2D eigenvalue weighted by Gasteiger charge is -2.19. The second-order valence-electron chi connectivity index (χ2n) is 8.29. The third-order valence-corrected chi connectivity index (χ3v) is 6.60. The molecule has 0 saturated carbocycles. The highest BCUT2D eigenvalue weighted by molar-refractivity contribution is 6.03. The minimum atomic E-state index is 0.504. The van der Waals surface area contributed by atoms with E-state index in [9.17, 15) is 0 Å². The van der Waals surface area contributed by atoms with Gasteiger partial charge >= 0.3 is 0 Å². The van der Waals surface area contributed by atoms with Crippen LogP contribution in [0.1, 0.15) is 22.3 Å². The van der Waals surface area contributed by atoms with E-state index >= 15 is 0 Å². The highest BCUT2D eigenvalue weighted by atomic mass is 15.2. The number of fused-ring (bicyclic) bond motifs is 3. The predicted molar refractivity (Wildman–Crippen MR) is 126 cm³/mol. The fourth-order valence-electron chi connectivity index (χ4n) is 5.00. The van der Waals surface area contributed by atoms with E-state index in [1.165, 1.54) is 44.2 Å². The third-order valence-electron chi connectivity index (χ3n) is 6.60. The lowest BCUT2D eigenvalue weighted by atomic mass is 10.0. The van der Waals surface area contributed by atoms with Crippen molar-refractivity contribution in [2.45, 2.75) is 19.3 Å². The van der Waals surface area contributed by atoms with Crippen molar-refractivity contribution in [1.82, 2.24) is 0 Å². The van der Waals surface area contributed by atoms with Crippen LogP contribution in [0.5, 0.6) is 0 Å². The van der Waals surface area contributed by atoms with Gasteiger partial charge in [-0.2, -0.15) is 0 Å². The summed E-state index contributed by atoms with van der Waals surface area (Å²) in [6.45, 7) is 0. The largest absolute Gasteiger partial charge is 0.369 e. The number of hydrogen-bond donors (Lipinski definition) is 1. The van der Waals surface area contributed by atoms with Gasteiger partial charge in [-0.15, -0.1) is 0 Å². The molecule has 146 valence electrons. The number of anilines is 1. The first-order chi connectivity index (χ1) is 14.7. The van der Waals surface area contributed by atoms with Gasteiger partial charge in [0.2, 0.25) is 5.96 Å². The van der Waals surface area contributed by atoms with Crippen LogP contribution in [0.25, 0.3) is 21.9 Å². The molecule has 0 amide bonds. The summed E-state index contributed by atoms with van der Waals surface area (Å²) in [6, 6.07) is 26.0. The van der Waals surface area contributed by atoms with Gasteiger partial charge in [-0.25, -0.2) is 4.99 Å². The molecule has 4 aromatic carbocycles. The Morgan fingerprint density at radius 2 is 1.57 bits per heavy atom. The van der Waals surface area contributed by atoms with Gasteiger partial charge in [0, 0.05) is 18.1 Å². The van der Waals surface area contributed by atoms with Crippen LogP contribution < -0.4 is 10.6 Å². The third kappa shape index (κ3) is 2.55. The van der Waals surface area contributed by atoms with E-state index in [1.54, 1.807) is 0 Å². The molecule has 6 rings (SSSR count). The van der Waals surface area contributed by atoms with Crippen molar-refractivity contribution in [2.75, 3.05) is 11.9 Å². The van der Waals surface area contributed by atoms with Crippen LogP contribution in [0.2, 0.25) is 0 Å². The molecule has 2 N–H and O–H groups in total. The average Bonchev–Trinajstić information content (AvgIpc) is 3.37. The Morgan fingerprint density at radius 3 is 2.47 bits per heavy atom. The van der Waals surface area contributed by atoms with Crippen LogP contribution >= 0.6 is 0 Å². The Labute approximate surface area is 176 Å². The fourth-order valence-corrected chi connectivity index (χ4v) is 5.00. The van der Waals surface area contributed by atoms with E-state index in [0.717, 1.165) is 30.6 Å². The maximum absolute atomic E-state index is 6.47. The van der Waals surface area contributed by atoms with Gasteiger partial charge in [0.25, 0.3) is 0 Å². The number of aliphatic imine (C=N–C) groups is 1. The van der Waals surface area contributed by atoms with Crippen molar-refractivity contribution in [2.24, 2.45) is 10.7 Å². The molecular weight excluding hydrogens is 366 g/mol. The maximum Gasteiger partial charge on any atom is 0.200 e. The second kappa shape index (κ2) is 6.46.